The van der Waals surface area contributed by atoms with Crippen molar-refractivity contribution in [2.24, 2.45) is 9.98 Å². The van der Waals surface area contributed by atoms with Crippen LogP contribution in [0.4, 0.5) is 5.69 Å². The SMILES string of the molecule is C=CN=C(C)/C(C(=NC)Nc1ccccc1Oc1ccco1)=C(\C)OC.CCC.CC[C@@H](C)c1ccoc1. The summed E-state index contributed by atoms with van der Waals surface area (Å²) in [4.78, 5) is 8.63. The lowest BCUT2D eigenvalue weighted by Crippen LogP contribution is -2.22. The molecule has 1 N–H and O–H groups in total. The minimum absolute atomic E-state index is 0.405. The Kier molecular flexibility index (Phi) is 15.4. The van der Waals surface area contributed by atoms with Crippen LogP contribution in [-0.4, -0.2) is 25.7 Å². The molecule has 7 heteroatoms. The molecule has 0 aliphatic carbocycles. The first-order chi connectivity index (χ1) is 18.4. The summed E-state index contributed by atoms with van der Waals surface area (Å²) in [5.74, 6) is 2.94. The lowest BCUT2D eigenvalue weighted by Gasteiger charge is -2.17. The van der Waals surface area contributed by atoms with Crippen LogP contribution in [0, 0.1) is 0 Å². The number of benzene rings is 1. The number of anilines is 1. The summed E-state index contributed by atoms with van der Waals surface area (Å²) >= 11 is 0. The van der Waals surface area contributed by atoms with E-state index in [-0.39, 0.29) is 0 Å². The highest BCUT2D eigenvalue weighted by molar-refractivity contribution is 6.27. The fraction of sp³-hybridized carbons (Fsp3) is 0.355. The maximum Gasteiger partial charge on any atom is 0.289 e. The topological polar surface area (TPSA) is 81.5 Å². The fourth-order valence-electron chi connectivity index (χ4n) is 3.13. The summed E-state index contributed by atoms with van der Waals surface area (Å²) in [6.07, 6.45) is 9.01. The second-order valence-corrected chi connectivity index (χ2v) is 8.33. The molecule has 0 fully saturated rings. The highest BCUT2D eigenvalue weighted by Gasteiger charge is 2.17. The first kappa shape index (κ1) is 32.0. The molecule has 0 unspecified atom stereocenters. The van der Waals surface area contributed by atoms with Crippen LogP contribution in [0.2, 0.25) is 0 Å². The van der Waals surface area contributed by atoms with E-state index in [1.54, 1.807) is 38.8 Å². The van der Waals surface area contributed by atoms with Gasteiger partial charge in [0, 0.05) is 19.3 Å². The number of amidine groups is 1. The molecular formula is C31H43N3O4. The number of aliphatic imine (C=N–C) groups is 2. The number of furan rings is 2. The summed E-state index contributed by atoms with van der Waals surface area (Å²) in [5, 5.41) is 3.29. The number of allylic oxidation sites excluding steroid dienone is 1. The lowest BCUT2D eigenvalue weighted by atomic mass is 10.0. The smallest absolute Gasteiger partial charge is 0.289 e. The van der Waals surface area contributed by atoms with Crippen LogP contribution in [0.3, 0.4) is 0 Å². The number of rotatable bonds is 9. The van der Waals surface area contributed by atoms with E-state index in [1.165, 1.54) is 24.6 Å². The van der Waals surface area contributed by atoms with Gasteiger partial charge in [-0.15, -0.1) is 0 Å². The Hall–Kier alpha value is -4.00. The van der Waals surface area contributed by atoms with Gasteiger partial charge in [0.2, 0.25) is 0 Å². The Morgan fingerprint density at radius 2 is 1.79 bits per heavy atom. The summed E-state index contributed by atoms with van der Waals surface area (Å²) in [7, 11) is 3.31. The van der Waals surface area contributed by atoms with E-state index in [2.05, 4.69) is 49.6 Å². The van der Waals surface area contributed by atoms with Crippen LogP contribution < -0.4 is 10.1 Å². The maximum absolute atomic E-state index is 5.79. The highest BCUT2D eigenvalue weighted by Crippen LogP contribution is 2.30. The minimum Gasteiger partial charge on any atom is -0.501 e. The van der Waals surface area contributed by atoms with E-state index in [1.807, 2.05) is 50.4 Å². The van der Waals surface area contributed by atoms with Gasteiger partial charge in [-0.2, -0.15) is 0 Å². The van der Waals surface area contributed by atoms with Gasteiger partial charge in [0.25, 0.3) is 5.95 Å². The molecule has 2 heterocycles. The normalized spacial score (nSPS) is 12.6. The summed E-state index contributed by atoms with van der Waals surface area (Å²) in [6.45, 7) is 16.0. The third-order valence-corrected chi connectivity index (χ3v) is 5.34. The van der Waals surface area contributed by atoms with E-state index in [0.717, 1.165) is 17.0 Å². The minimum atomic E-state index is 0.405. The van der Waals surface area contributed by atoms with Gasteiger partial charge in [-0.1, -0.05) is 52.8 Å². The highest BCUT2D eigenvalue weighted by atomic mass is 16.6. The van der Waals surface area contributed by atoms with E-state index >= 15 is 0 Å². The number of nitrogens with one attached hydrogen (secondary N) is 1. The zero-order valence-corrected chi connectivity index (χ0v) is 24.1. The Morgan fingerprint density at radius 1 is 1.08 bits per heavy atom. The first-order valence-corrected chi connectivity index (χ1v) is 12.8. The molecular weight excluding hydrogens is 478 g/mol. The molecule has 0 aliphatic rings. The maximum atomic E-state index is 5.79. The standard InChI is InChI=1S/C20H23N3O3.C8H12O.C3H8/c1-6-22-14(2)19(15(3)24-5)20(21-4)23-16-10-7-8-11-17(16)26-18-12-9-13-25-18;1-3-7(2)8-4-5-9-6-8;1-3-2/h6-13H,1H2,2-5H3,(H,21,23);4-7H,3H2,1-2H3;3H2,1-2H3/b19-15-,22-14?;;/t;7-;/m.1./s1. The van der Waals surface area contributed by atoms with Crippen molar-refractivity contribution in [3.63, 3.8) is 0 Å². The molecule has 0 bridgehead atoms. The van der Waals surface area contributed by atoms with Crippen LogP contribution in [0.25, 0.3) is 0 Å². The van der Waals surface area contributed by atoms with E-state index in [0.29, 0.717) is 29.2 Å². The molecule has 3 rings (SSSR count). The van der Waals surface area contributed by atoms with Gasteiger partial charge in [-0.25, -0.2) is 0 Å². The van der Waals surface area contributed by atoms with Crippen molar-refractivity contribution in [1.82, 2.24) is 0 Å². The van der Waals surface area contributed by atoms with E-state index < -0.39 is 0 Å². The molecule has 2 aromatic heterocycles. The third-order valence-electron chi connectivity index (χ3n) is 5.34. The Morgan fingerprint density at radius 3 is 2.32 bits per heavy atom. The van der Waals surface area contributed by atoms with Gasteiger partial charge in [0.15, 0.2) is 5.75 Å². The Bertz CT molecular complexity index is 1140. The zero-order valence-electron chi connectivity index (χ0n) is 24.1. The van der Waals surface area contributed by atoms with Crippen molar-refractivity contribution in [1.29, 1.82) is 0 Å². The van der Waals surface area contributed by atoms with Crippen molar-refractivity contribution in [2.45, 2.75) is 60.3 Å². The van der Waals surface area contributed by atoms with E-state index in [4.69, 9.17) is 18.3 Å². The molecule has 0 spiro atoms. The average Bonchev–Trinajstić information content (AvgIpc) is 3.64. The second-order valence-electron chi connectivity index (χ2n) is 8.33. The molecule has 38 heavy (non-hydrogen) atoms. The lowest BCUT2D eigenvalue weighted by molar-refractivity contribution is 0.292. The molecule has 0 amide bonds. The monoisotopic (exact) mass is 521 g/mol. The van der Waals surface area contributed by atoms with Crippen LogP contribution in [0.5, 0.6) is 11.7 Å². The Labute approximate surface area is 228 Å². The van der Waals surface area contributed by atoms with Crippen molar-refractivity contribution in [3.05, 3.63) is 90.9 Å². The number of ether oxygens (including phenoxy) is 2. The van der Waals surface area contributed by atoms with Crippen molar-refractivity contribution >= 4 is 17.2 Å². The van der Waals surface area contributed by atoms with Crippen molar-refractivity contribution < 1.29 is 18.3 Å². The van der Waals surface area contributed by atoms with Crippen LogP contribution >= 0.6 is 0 Å². The van der Waals surface area contributed by atoms with Gasteiger partial charge in [0.05, 0.1) is 42.9 Å². The molecule has 0 radical (unpaired) electrons. The number of hydrogen-bond acceptors (Lipinski definition) is 6. The predicted octanol–water partition coefficient (Wildman–Crippen LogP) is 9.25. The molecule has 0 saturated carbocycles. The third kappa shape index (κ3) is 10.5. The van der Waals surface area contributed by atoms with Crippen molar-refractivity contribution in [2.75, 3.05) is 19.5 Å². The molecule has 206 valence electrons. The summed E-state index contributed by atoms with van der Waals surface area (Å²) in [6, 6.07) is 13.1. The number of para-hydroxylation sites is 2. The van der Waals surface area contributed by atoms with E-state index in [9.17, 15) is 0 Å². The van der Waals surface area contributed by atoms with Gasteiger partial charge >= 0.3 is 0 Å². The molecule has 0 aliphatic heterocycles. The van der Waals surface area contributed by atoms with Gasteiger partial charge in [-0.05, 0) is 56.0 Å². The summed E-state index contributed by atoms with van der Waals surface area (Å²) < 4.78 is 21.4. The van der Waals surface area contributed by atoms with Gasteiger partial charge < -0.3 is 23.6 Å². The fourth-order valence-corrected chi connectivity index (χ4v) is 3.13. The second kappa shape index (κ2) is 18.3. The predicted molar refractivity (Wildman–Crippen MR) is 159 cm³/mol. The average molecular weight is 522 g/mol. The zero-order chi connectivity index (χ0) is 28.3. The number of nitrogens with zero attached hydrogens (tertiary/aromatic N) is 2. The number of hydrogen-bond donors (Lipinski definition) is 1. The molecule has 7 nitrogen and oxygen atoms in total. The number of methoxy groups -OCH3 is 1. The van der Waals surface area contributed by atoms with Gasteiger partial charge in [0.1, 0.15) is 11.6 Å². The van der Waals surface area contributed by atoms with Crippen LogP contribution in [0.15, 0.2) is 104 Å². The van der Waals surface area contributed by atoms with Crippen molar-refractivity contribution in [3.8, 4) is 11.7 Å². The summed E-state index contributed by atoms with van der Waals surface area (Å²) in [5.41, 5.74) is 3.52. The van der Waals surface area contributed by atoms with Crippen LogP contribution in [0.1, 0.15) is 65.9 Å². The first-order valence-electron chi connectivity index (χ1n) is 12.8. The molecule has 0 saturated heterocycles. The molecule has 1 atom stereocenters. The Balaban J connectivity index is 0.000000497. The quantitative estimate of drug-likeness (QED) is 0.172. The van der Waals surface area contributed by atoms with Gasteiger partial charge in [-0.3, -0.25) is 9.98 Å². The molecule has 1 aromatic carbocycles. The molecule has 3 aromatic rings. The largest absolute Gasteiger partial charge is 0.501 e. The van der Waals surface area contributed by atoms with Crippen LogP contribution in [-0.2, 0) is 4.74 Å².